The first-order chi connectivity index (χ1) is 7.56. The molecule has 0 radical (unpaired) electrons. The summed E-state index contributed by atoms with van der Waals surface area (Å²) < 4.78 is 15.4. The highest BCUT2D eigenvalue weighted by Crippen LogP contribution is 2.56. The number of rotatable bonds is 2. The first-order valence-electron chi connectivity index (χ1n) is 4.79. The average Bonchev–Trinajstić information content (AvgIpc) is 2.79. The minimum atomic E-state index is -0.727. The van der Waals surface area contributed by atoms with Gasteiger partial charge in [0.05, 0.1) is 0 Å². The molecule has 82 valence electrons. The molecule has 0 amide bonds. The van der Waals surface area contributed by atoms with Crippen molar-refractivity contribution < 1.29 is 23.5 Å². The van der Waals surface area contributed by atoms with Gasteiger partial charge >= 0.3 is 11.9 Å². The molecular formula is C11H8O5. The van der Waals surface area contributed by atoms with Crippen molar-refractivity contribution in [3.05, 3.63) is 24.2 Å². The number of carbonyl (C=O) groups excluding carboxylic acids is 2. The van der Waals surface area contributed by atoms with Crippen molar-refractivity contribution in [3.63, 3.8) is 0 Å². The zero-order chi connectivity index (χ0) is 11.5. The third-order valence-corrected chi connectivity index (χ3v) is 2.92. The van der Waals surface area contributed by atoms with Gasteiger partial charge in [-0.05, 0) is 6.92 Å². The molecular weight excluding hydrogens is 212 g/mol. The van der Waals surface area contributed by atoms with Gasteiger partial charge in [-0.2, -0.15) is 0 Å². The molecule has 2 aliphatic heterocycles. The lowest BCUT2D eigenvalue weighted by Gasteiger charge is -2.11. The number of hydrogen-bond donors (Lipinski definition) is 0. The molecule has 5 heteroatoms. The summed E-state index contributed by atoms with van der Waals surface area (Å²) in [5.41, 5.74) is -0.727. The molecule has 0 N–H and O–H groups in total. The van der Waals surface area contributed by atoms with Gasteiger partial charge in [-0.3, -0.25) is 4.79 Å². The van der Waals surface area contributed by atoms with Gasteiger partial charge in [-0.1, -0.05) is 6.58 Å². The SMILES string of the molecule is C=CC(=O)Oc1c2oc3c1OC(=O)C3(C)C2. The highest BCUT2D eigenvalue weighted by atomic mass is 16.6. The molecule has 0 aliphatic carbocycles. The molecule has 0 fully saturated rings. The van der Waals surface area contributed by atoms with E-state index in [-0.39, 0.29) is 17.5 Å². The molecule has 1 atom stereocenters. The standard InChI is InChI=1S/C11H8O5/c1-3-6(12)15-7-5-4-11(2)9(14-5)8(7)16-10(11)13/h3H,1,4H2,2H3. The van der Waals surface area contributed by atoms with Crippen LogP contribution in [-0.2, 0) is 21.4 Å². The van der Waals surface area contributed by atoms with Crippen LogP contribution in [0.4, 0.5) is 0 Å². The molecule has 0 saturated heterocycles. The third-order valence-electron chi connectivity index (χ3n) is 2.92. The highest BCUT2D eigenvalue weighted by molar-refractivity contribution is 5.94. The van der Waals surface area contributed by atoms with E-state index in [9.17, 15) is 9.59 Å². The predicted octanol–water partition coefficient (Wildman–Crippen LogP) is 1.10. The Morgan fingerprint density at radius 1 is 1.62 bits per heavy atom. The second kappa shape index (κ2) is 2.55. The van der Waals surface area contributed by atoms with Gasteiger partial charge in [-0.25, -0.2) is 4.79 Å². The van der Waals surface area contributed by atoms with Gasteiger partial charge in [0.1, 0.15) is 5.41 Å². The lowest BCUT2D eigenvalue weighted by molar-refractivity contribution is -0.137. The third kappa shape index (κ3) is 0.856. The van der Waals surface area contributed by atoms with Crippen molar-refractivity contribution in [2.45, 2.75) is 18.8 Å². The number of furan rings is 1. The Morgan fingerprint density at radius 2 is 2.38 bits per heavy atom. The summed E-state index contributed by atoms with van der Waals surface area (Å²) in [7, 11) is 0. The first kappa shape index (κ1) is 9.21. The monoisotopic (exact) mass is 220 g/mol. The van der Waals surface area contributed by atoms with Crippen LogP contribution in [0.15, 0.2) is 17.1 Å². The fraction of sp³-hybridized carbons (Fsp3) is 0.273. The van der Waals surface area contributed by atoms with Crippen molar-refractivity contribution in [1.82, 2.24) is 0 Å². The molecule has 3 rings (SSSR count). The van der Waals surface area contributed by atoms with Crippen LogP contribution in [0.5, 0.6) is 11.5 Å². The van der Waals surface area contributed by atoms with Crippen LogP contribution >= 0.6 is 0 Å². The van der Waals surface area contributed by atoms with Crippen molar-refractivity contribution in [3.8, 4) is 11.5 Å². The van der Waals surface area contributed by atoms with Crippen molar-refractivity contribution in [2.24, 2.45) is 0 Å². The van der Waals surface area contributed by atoms with E-state index in [2.05, 4.69) is 6.58 Å². The highest BCUT2D eigenvalue weighted by Gasteiger charge is 2.57. The zero-order valence-electron chi connectivity index (χ0n) is 8.53. The summed E-state index contributed by atoms with van der Waals surface area (Å²) >= 11 is 0. The van der Waals surface area contributed by atoms with Crippen LogP contribution in [0.1, 0.15) is 18.4 Å². The molecule has 1 aromatic heterocycles. The lowest BCUT2D eigenvalue weighted by atomic mass is 9.84. The summed E-state index contributed by atoms with van der Waals surface area (Å²) in [6.45, 7) is 5.04. The number of esters is 2. The Labute approximate surface area is 90.6 Å². The van der Waals surface area contributed by atoms with Gasteiger partial charge in [0.2, 0.25) is 11.5 Å². The normalized spacial score (nSPS) is 24.4. The molecule has 16 heavy (non-hydrogen) atoms. The fourth-order valence-electron chi connectivity index (χ4n) is 2.04. The summed E-state index contributed by atoms with van der Waals surface area (Å²) in [6.07, 6.45) is 1.42. The second-order valence-corrected chi connectivity index (χ2v) is 4.04. The quantitative estimate of drug-likeness (QED) is 0.551. The maximum atomic E-state index is 11.6. The molecule has 0 saturated carbocycles. The Bertz CT molecular complexity index is 539. The maximum Gasteiger partial charge on any atom is 0.335 e. The molecule has 5 nitrogen and oxygen atoms in total. The molecule has 3 heterocycles. The molecule has 0 spiro atoms. The molecule has 2 aliphatic rings. The predicted molar refractivity (Wildman–Crippen MR) is 51.2 cm³/mol. The van der Waals surface area contributed by atoms with Crippen LogP contribution in [0.3, 0.4) is 0 Å². The topological polar surface area (TPSA) is 65.7 Å². The Kier molecular flexibility index (Phi) is 1.47. The van der Waals surface area contributed by atoms with Crippen LogP contribution in [0.2, 0.25) is 0 Å². The van der Waals surface area contributed by atoms with Gasteiger partial charge in [0, 0.05) is 12.5 Å². The second-order valence-electron chi connectivity index (χ2n) is 4.04. The van der Waals surface area contributed by atoms with Crippen molar-refractivity contribution >= 4 is 11.9 Å². The van der Waals surface area contributed by atoms with Gasteiger partial charge in [-0.15, -0.1) is 0 Å². The molecule has 1 aromatic rings. The first-order valence-corrected chi connectivity index (χ1v) is 4.79. The Hall–Kier alpha value is -2.04. The van der Waals surface area contributed by atoms with E-state index in [1.165, 1.54) is 0 Å². The van der Waals surface area contributed by atoms with Gasteiger partial charge < -0.3 is 13.9 Å². The largest absolute Gasteiger partial charge is 0.457 e. The van der Waals surface area contributed by atoms with E-state index in [0.29, 0.717) is 17.9 Å². The summed E-state index contributed by atoms with van der Waals surface area (Å²) in [4.78, 5) is 22.7. The van der Waals surface area contributed by atoms with Crippen LogP contribution < -0.4 is 9.47 Å². The van der Waals surface area contributed by atoms with E-state index in [4.69, 9.17) is 13.9 Å². The van der Waals surface area contributed by atoms with Crippen LogP contribution in [0.25, 0.3) is 0 Å². The molecule has 2 bridgehead atoms. The average molecular weight is 220 g/mol. The minimum Gasteiger partial charge on any atom is -0.457 e. The van der Waals surface area contributed by atoms with Crippen LogP contribution in [0, 0.1) is 0 Å². The van der Waals surface area contributed by atoms with Gasteiger partial charge in [0.25, 0.3) is 0 Å². The Balaban J connectivity index is 2.08. The smallest absolute Gasteiger partial charge is 0.335 e. The molecule has 1 unspecified atom stereocenters. The summed E-state index contributed by atoms with van der Waals surface area (Å²) in [6, 6.07) is 0. The number of carbonyl (C=O) groups is 2. The Morgan fingerprint density at radius 3 is 3.06 bits per heavy atom. The maximum absolute atomic E-state index is 11.6. The number of hydrogen-bond acceptors (Lipinski definition) is 5. The number of fused-ring (bicyclic) bond motifs is 1. The number of ether oxygens (including phenoxy) is 2. The molecule has 0 aromatic carbocycles. The van der Waals surface area contributed by atoms with E-state index >= 15 is 0 Å². The zero-order valence-corrected chi connectivity index (χ0v) is 8.53. The van der Waals surface area contributed by atoms with Crippen molar-refractivity contribution in [1.29, 1.82) is 0 Å². The summed E-state index contributed by atoms with van der Waals surface area (Å²) in [5.74, 6) is 0.425. The summed E-state index contributed by atoms with van der Waals surface area (Å²) in [5, 5.41) is 0. The lowest BCUT2D eigenvalue weighted by Crippen LogP contribution is -2.29. The fourth-order valence-corrected chi connectivity index (χ4v) is 2.04. The van der Waals surface area contributed by atoms with E-state index in [1.807, 2.05) is 0 Å². The van der Waals surface area contributed by atoms with E-state index in [0.717, 1.165) is 6.08 Å². The van der Waals surface area contributed by atoms with E-state index in [1.54, 1.807) is 6.92 Å². The minimum absolute atomic E-state index is 0.211. The van der Waals surface area contributed by atoms with E-state index < -0.39 is 11.4 Å². The van der Waals surface area contributed by atoms with Crippen LogP contribution in [-0.4, -0.2) is 11.9 Å². The van der Waals surface area contributed by atoms with Crippen molar-refractivity contribution in [2.75, 3.05) is 0 Å². The van der Waals surface area contributed by atoms with Gasteiger partial charge in [0.15, 0.2) is 11.5 Å².